The molecule has 0 saturated heterocycles. The van der Waals surface area contributed by atoms with Gasteiger partial charge in [-0.2, -0.15) is 0 Å². The molecule has 2 nitrogen and oxygen atoms in total. The van der Waals surface area contributed by atoms with Gasteiger partial charge in [-0.15, -0.1) is 0 Å². The van der Waals surface area contributed by atoms with Crippen molar-refractivity contribution < 1.29 is 0 Å². The van der Waals surface area contributed by atoms with Crippen LogP contribution in [0, 0.1) is 0 Å². The van der Waals surface area contributed by atoms with E-state index in [0.717, 1.165) is 41.9 Å². The van der Waals surface area contributed by atoms with E-state index in [9.17, 15) is 0 Å². The molecule has 0 bridgehead atoms. The molecular weight excluding hydrogens is 400 g/mol. The minimum Gasteiger partial charge on any atom is -0.397 e. The van der Waals surface area contributed by atoms with Crippen LogP contribution in [0.2, 0.25) is 0 Å². The quantitative estimate of drug-likeness (QED) is 0.293. The van der Waals surface area contributed by atoms with Gasteiger partial charge in [0.25, 0.3) is 0 Å². The molecule has 5 rings (SSSR count). The molecule has 0 fully saturated rings. The zero-order valence-corrected chi connectivity index (χ0v) is 18.7. The maximum atomic E-state index is 6.53. The van der Waals surface area contributed by atoms with Crippen LogP contribution in [-0.4, -0.2) is 6.54 Å². The summed E-state index contributed by atoms with van der Waals surface area (Å²) in [5.41, 5.74) is 16.9. The van der Waals surface area contributed by atoms with Crippen LogP contribution in [0.15, 0.2) is 121 Å². The lowest BCUT2D eigenvalue weighted by atomic mass is 9.92. The Morgan fingerprint density at radius 1 is 0.667 bits per heavy atom. The minimum absolute atomic E-state index is 0.773. The molecular formula is C31H28N2. The monoisotopic (exact) mass is 428 g/mol. The SMILES string of the molecule is Nc1cc(-c2ccc(-c3ccccc3)cc2)c(-c2ccccc2)cc1NCCC1=CC=CC1. The average molecular weight is 429 g/mol. The number of nitrogens with one attached hydrogen (secondary N) is 1. The Morgan fingerprint density at radius 2 is 1.24 bits per heavy atom. The van der Waals surface area contributed by atoms with Crippen LogP contribution >= 0.6 is 0 Å². The lowest BCUT2D eigenvalue weighted by Crippen LogP contribution is -2.06. The number of anilines is 2. The van der Waals surface area contributed by atoms with Crippen molar-refractivity contribution in [2.75, 3.05) is 17.6 Å². The first kappa shape index (κ1) is 20.8. The van der Waals surface area contributed by atoms with Crippen LogP contribution in [0.25, 0.3) is 33.4 Å². The summed E-state index contributed by atoms with van der Waals surface area (Å²) >= 11 is 0. The lowest BCUT2D eigenvalue weighted by molar-refractivity contribution is 0.969. The molecule has 0 aromatic heterocycles. The Hall–Kier alpha value is -4.04. The van der Waals surface area contributed by atoms with Gasteiger partial charge in [0.1, 0.15) is 0 Å². The van der Waals surface area contributed by atoms with Crippen LogP contribution < -0.4 is 11.1 Å². The molecule has 0 amide bonds. The summed E-state index contributed by atoms with van der Waals surface area (Å²) in [6, 6.07) is 34.1. The fraction of sp³-hybridized carbons (Fsp3) is 0.0968. The lowest BCUT2D eigenvalue weighted by Gasteiger charge is -2.17. The van der Waals surface area contributed by atoms with Gasteiger partial charge in [0.15, 0.2) is 0 Å². The number of hydrogen-bond acceptors (Lipinski definition) is 2. The summed E-state index contributed by atoms with van der Waals surface area (Å²) in [6.45, 7) is 0.872. The van der Waals surface area contributed by atoms with Crippen molar-refractivity contribution in [1.82, 2.24) is 0 Å². The Morgan fingerprint density at radius 3 is 1.91 bits per heavy atom. The van der Waals surface area contributed by atoms with Crippen molar-refractivity contribution in [3.63, 3.8) is 0 Å². The highest BCUT2D eigenvalue weighted by Gasteiger charge is 2.12. The van der Waals surface area contributed by atoms with Gasteiger partial charge < -0.3 is 11.1 Å². The van der Waals surface area contributed by atoms with Crippen LogP contribution in [0.3, 0.4) is 0 Å². The molecule has 0 radical (unpaired) electrons. The second-order valence-electron chi connectivity index (χ2n) is 8.43. The molecule has 2 heteroatoms. The summed E-state index contributed by atoms with van der Waals surface area (Å²) in [5.74, 6) is 0. The maximum Gasteiger partial charge on any atom is 0.0580 e. The second-order valence-corrected chi connectivity index (χ2v) is 8.43. The Bertz CT molecular complexity index is 1280. The van der Waals surface area contributed by atoms with E-state index < -0.39 is 0 Å². The minimum atomic E-state index is 0.773. The Labute approximate surface area is 196 Å². The predicted octanol–water partition coefficient (Wildman–Crippen LogP) is 7.96. The highest BCUT2D eigenvalue weighted by Crippen LogP contribution is 2.38. The summed E-state index contributed by atoms with van der Waals surface area (Å²) in [7, 11) is 0. The fourth-order valence-electron chi connectivity index (χ4n) is 4.37. The largest absolute Gasteiger partial charge is 0.397 e. The van der Waals surface area contributed by atoms with E-state index in [0.29, 0.717) is 0 Å². The van der Waals surface area contributed by atoms with Crippen LogP contribution in [0.1, 0.15) is 12.8 Å². The van der Waals surface area contributed by atoms with Crippen molar-refractivity contribution in [3.8, 4) is 33.4 Å². The van der Waals surface area contributed by atoms with E-state index in [1.54, 1.807) is 0 Å². The van der Waals surface area contributed by atoms with Crippen LogP contribution in [-0.2, 0) is 0 Å². The number of allylic oxidation sites excluding steroid dienone is 3. The van der Waals surface area contributed by atoms with Crippen molar-refractivity contribution >= 4 is 11.4 Å². The standard InChI is InChI=1S/C31H28N2/c32-30-21-28(27-17-15-25(16-18-27)24-11-3-1-4-12-24)29(26-13-5-2-6-14-26)22-31(30)33-20-19-23-9-7-8-10-23/h1-9,11-18,21-22,33H,10,19-20,32H2. The zero-order chi connectivity index (χ0) is 22.5. The molecule has 4 aromatic rings. The third-order valence-electron chi connectivity index (χ3n) is 6.19. The van der Waals surface area contributed by atoms with Crippen molar-refractivity contribution in [1.29, 1.82) is 0 Å². The molecule has 0 saturated carbocycles. The number of hydrogen-bond donors (Lipinski definition) is 2. The van der Waals surface area contributed by atoms with Crippen molar-refractivity contribution in [2.24, 2.45) is 0 Å². The van der Waals surface area contributed by atoms with E-state index in [2.05, 4.69) is 115 Å². The second kappa shape index (κ2) is 9.62. The molecule has 3 N–H and O–H groups in total. The molecule has 0 heterocycles. The van der Waals surface area contributed by atoms with Crippen LogP contribution in [0.4, 0.5) is 11.4 Å². The van der Waals surface area contributed by atoms with Gasteiger partial charge in [0.2, 0.25) is 0 Å². The predicted molar refractivity (Wildman–Crippen MR) is 142 cm³/mol. The molecule has 0 aliphatic heterocycles. The smallest absolute Gasteiger partial charge is 0.0580 e. The van der Waals surface area contributed by atoms with Crippen LogP contribution in [0.5, 0.6) is 0 Å². The van der Waals surface area contributed by atoms with Gasteiger partial charge in [0.05, 0.1) is 11.4 Å². The third-order valence-corrected chi connectivity index (χ3v) is 6.19. The van der Waals surface area contributed by atoms with Crippen molar-refractivity contribution in [3.05, 3.63) is 121 Å². The van der Waals surface area contributed by atoms with E-state index in [-0.39, 0.29) is 0 Å². The number of nitrogen functional groups attached to an aromatic ring is 1. The molecule has 1 aliphatic rings. The topological polar surface area (TPSA) is 38.0 Å². The van der Waals surface area contributed by atoms with Gasteiger partial charge >= 0.3 is 0 Å². The third kappa shape index (κ3) is 4.75. The van der Waals surface area contributed by atoms with E-state index in [1.807, 2.05) is 6.07 Å². The first-order valence-corrected chi connectivity index (χ1v) is 11.5. The van der Waals surface area contributed by atoms with Gasteiger partial charge in [-0.1, -0.05) is 109 Å². The van der Waals surface area contributed by atoms with E-state index in [1.165, 1.54) is 27.8 Å². The highest BCUT2D eigenvalue weighted by atomic mass is 14.9. The number of nitrogens with two attached hydrogens (primary N) is 1. The zero-order valence-electron chi connectivity index (χ0n) is 18.7. The normalized spacial score (nSPS) is 12.5. The summed E-state index contributed by atoms with van der Waals surface area (Å²) in [5, 5.41) is 3.57. The van der Waals surface area contributed by atoms with E-state index in [4.69, 9.17) is 5.73 Å². The molecule has 0 spiro atoms. The van der Waals surface area contributed by atoms with Gasteiger partial charge in [0, 0.05) is 6.54 Å². The van der Waals surface area contributed by atoms with Gasteiger partial charge in [-0.3, -0.25) is 0 Å². The molecule has 0 atom stereocenters. The molecule has 162 valence electrons. The molecule has 0 unspecified atom stereocenters. The summed E-state index contributed by atoms with van der Waals surface area (Å²) in [4.78, 5) is 0. The Kier molecular flexibility index (Phi) is 6.08. The number of rotatable bonds is 7. The Balaban J connectivity index is 1.47. The average Bonchev–Trinajstić information content (AvgIpc) is 3.40. The van der Waals surface area contributed by atoms with Gasteiger partial charge in [-0.05, 0) is 58.4 Å². The maximum absolute atomic E-state index is 6.53. The summed E-state index contributed by atoms with van der Waals surface area (Å²) in [6.07, 6.45) is 8.63. The first-order valence-electron chi connectivity index (χ1n) is 11.5. The van der Waals surface area contributed by atoms with Crippen molar-refractivity contribution in [2.45, 2.75) is 12.8 Å². The number of benzene rings is 4. The molecule has 1 aliphatic carbocycles. The van der Waals surface area contributed by atoms with E-state index >= 15 is 0 Å². The fourth-order valence-corrected chi connectivity index (χ4v) is 4.37. The highest BCUT2D eigenvalue weighted by molar-refractivity contribution is 5.90. The van der Waals surface area contributed by atoms with Gasteiger partial charge in [-0.25, -0.2) is 0 Å². The first-order chi connectivity index (χ1) is 16.3. The molecule has 33 heavy (non-hydrogen) atoms. The molecule has 4 aromatic carbocycles. The summed E-state index contributed by atoms with van der Waals surface area (Å²) < 4.78 is 0.